The van der Waals surface area contributed by atoms with Crippen LogP contribution in [0.1, 0.15) is 40.9 Å². The molecule has 1 amide bonds. The zero-order valence-corrected chi connectivity index (χ0v) is 15.4. The lowest BCUT2D eigenvalue weighted by atomic mass is 9.91. The average molecular weight is 393 g/mol. The third-order valence-corrected chi connectivity index (χ3v) is 5.50. The number of carbonyl (C=O) groups excluding carboxylic acids is 1. The van der Waals surface area contributed by atoms with E-state index in [9.17, 15) is 18.0 Å². The lowest BCUT2D eigenvalue weighted by Crippen LogP contribution is -2.41. The number of rotatable bonds is 4. The zero-order chi connectivity index (χ0) is 19.7. The number of anilines is 1. The van der Waals surface area contributed by atoms with E-state index in [0.717, 1.165) is 32.1 Å². The predicted octanol–water partition coefficient (Wildman–Crippen LogP) is 3.05. The van der Waals surface area contributed by atoms with Crippen LogP contribution in [0.2, 0.25) is 0 Å². The first kappa shape index (κ1) is 18.9. The highest BCUT2D eigenvalue weighted by molar-refractivity contribution is 6.02. The second-order valence-corrected chi connectivity index (χ2v) is 7.47. The summed E-state index contributed by atoms with van der Waals surface area (Å²) < 4.78 is 37.8. The fraction of sp³-hybridized carbons (Fsp3) is 0.526. The summed E-state index contributed by atoms with van der Waals surface area (Å²) in [6.45, 7) is 0.802. The van der Waals surface area contributed by atoms with Gasteiger partial charge in [-0.25, -0.2) is 4.68 Å². The molecule has 0 atom stereocenters. The first-order valence-electron chi connectivity index (χ1n) is 9.51. The number of nitrogens with zero attached hydrogens (tertiary/aromatic N) is 4. The molecule has 2 heterocycles. The monoisotopic (exact) mass is 393 g/mol. The Kier molecular flexibility index (Phi) is 5.09. The highest BCUT2D eigenvalue weighted by Gasteiger charge is 2.29. The molecule has 0 spiro atoms. The number of hydrogen-bond donors (Lipinski definition) is 1. The van der Waals surface area contributed by atoms with E-state index in [1.54, 1.807) is 0 Å². The van der Waals surface area contributed by atoms with Crippen molar-refractivity contribution in [3.8, 4) is 0 Å². The van der Waals surface area contributed by atoms with Crippen LogP contribution in [0.4, 0.5) is 18.9 Å². The van der Waals surface area contributed by atoms with Crippen LogP contribution < -0.4 is 5.32 Å². The van der Waals surface area contributed by atoms with Gasteiger partial charge in [-0.1, -0.05) is 17.7 Å². The van der Waals surface area contributed by atoms with Gasteiger partial charge in [0.15, 0.2) is 5.69 Å². The van der Waals surface area contributed by atoms with Crippen LogP contribution in [-0.2, 0) is 19.4 Å². The summed E-state index contributed by atoms with van der Waals surface area (Å²) in [5, 5.41) is 9.62. The molecule has 4 rings (SSSR count). The molecule has 1 aromatic carbocycles. The molecule has 1 N–H and O–H groups in total. The van der Waals surface area contributed by atoms with Crippen LogP contribution in [0.5, 0.6) is 0 Å². The number of hydrogen-bond acceptors (Lipinski definition) is 4. The van der Waals surface area contributed by atoms with Crippen LogP contribution in [-0.4, -0.2) is 51.1 Å². The maximum Gasteiger partial charge on any atom is 0.408 e. The Balaban J connectivity index is 1.41. The van der Waals surface area contributed by atoms with Gasteiger partial charge in [-0.2, -0.15) is 13.2 Å². The van der Waals surface area contributed by atoms with Crippen molar-refractivity contribution in [2.45, 2.75) is 50.9 Å². The molecule has 2 aromatic rings. The van der Waals surface area contributed by atoms with E-state index in [1.807, 2.05) is 18.2 Å². The van der Waals surface area contributed by atoms with Crippen LogP contribution >= 0.6 is 0 Å². The third kappa shape index (κ3) is 4.35. The number of amides is 1. The Hall–Kier alpha value is -2.42. The molecule has 6 nitrogen and oxygen atoms in total. The molecule has 1 saturated carbocycles. The van der Waals surface area contributed by atoms with Crippen LogP contribution in [0.15, 0.2) is 24.4 Å². The largest absolute Gasteiger partial charge is 0.408 e. The molecule has 0 saturated heterocycles. The van der Waals surface area contributed by atoms with Crippen molar-refractivity contribution >= 4 is 11.6 Å². The molecular weight excluding hydrogens is 371 g/mol. The molecular formula is C19H22F3N5O. The first-order chi connectivity index (χ1) is 13.4. The molecule has 28 heavy (non-hydrogen) atoms. The lowest BCUT2D eigenvalue weighted by Gasteiger charge is -2.36. The molecule has 0 radical (unpaired) electrons. The summed E-state index contributed by atoms with van der Waals surface area (Å²) in [5.41, 5.74) is 2.97. The number of nitrogens with one attached hydrogen (secondary N) is 1. The smallest absolute Gasteiger partial charge is 0.321 e. The summed E-state index contributed by atoms with van der Waals surface area (Å²) >= 11 is 0. The van der Waals surface area contributed by atoms with Crippen LogP contribution in [0.25, 0.3) is 0 Å². The zero-order valence-electron chi connectivity index (χ0n) is 15.4. The number of fused-ring (bicyclic) bond motifs is 1. The van der Waals surface area contributed by atoms with Gasteiger partial charge in [-0.15, -0.1) is 5.10 Å². The molecule has 0 bridgehead atoms. The maximum absolute atomic E-state index is 12.4. The van der Waals surface area contributed by atoms with Gasteiger partial charge < -0.3 is 5.32 Å². The van der Waals surface area contributed by atoms with Crippen molar-refractivity contribution in [1.82, 2.24) is 19.9 Å². The standard InChI is InChI=1S/C19H22F3N5O/c20-19(21,22)12-27-11-17(24-25-27)18(28)23-15-5-4-13-6-8-26(16-2-1-3-16)9-7-14(13)10-15/h4-5,10-11,16H,1-3,6-9,12H2,(H,23,28). The highest BCUT2D eigenvalue weighted by Crippen LogP contribution is 2.28. The van der Waals surface area contributed by atoms with Crippen LogP contribution in [0.3, 0.4) is 0 Å². The second kappa shape index (κ2) is 7.54. The average Bonchev–Trinajstić information content (AvgIpc) is 2.93. The van der Waals surface area contributed by atoms with Crippen molar-refractivity contribution in [3.63, 3.8) is 0 Å². The van der Waals surface area contributed by atoms with E-state index in [1.165, 1.54) is 30.4 Å². The van der Waals surface area contributed by atoms with Gasteiger partial charge in [0.1, 0.15) is 6.54 Å². The van der Waals surface area contributed by atoms with E-state index >= 15 is 0 Å². The molecule has 1 aromatic heterocycles. The van der Waals surface area contributed by atoms with Gasteiger partial charge >= 0.3 is 6.18 Å². The predicted molar refractivity (Wildman–Crippen MR) is 97.1 cm³/mol. The highest BCUT2D eigenvalue weighted by atomic mass is 19.4. The summed E-state index contributed by atoms with van der Waals surface area (Å²) in [4.78, 5) is 14.9. The Morgan fingerprint density at radius 1 is 1.18 bits per heavy atom. The minimum Gasteiger partial charge on any atom is -0.321 e. The van der Waals surface area contributed by atoms with Gasteiger partial charge in [0.05, 0.1) is 6.20 Å². The molecule has 2 aliphatic rings. The summed E-state index contributed by atoms with van der Waals surface area (Å²) in [6.07, 6.45) is 2.40. The molecule has 1 aliphatic carbocycles. The Morgan fingerprint density at radius 2 is 1.93 bits per heavy atom. The first-order valence-corrected chi connectivity index (χ1v) is 9.51. The Labute approximate surface area is 160 Å². The van der Waals surface area contributed by atoms with Crippen molar-refractivity contribution in [2.24, 2.45) is 0 Å². The topological polar surface area (TPSA) is 63.1 Å². The fourth-order valence-electron chi connectivity index (χ4n) is 3.80. The van der Waals surface area contributed by atoms with Gasteiger partial charge in [0, 0.05) is 24.8 Å². The van der Waals surface area contributed by atoms with Crippen LogP contribution in [0, 0.1) is 0 Å². The summed E-state index contributed by atoms with van der Waals surface area (Å²) in [7, 11) is 0. The van der Waals surface area contributed by atoms with E-state index < -0.39 is 18.6 Å². The normalized spacial score (nSPS) is 18.2. The van der Waals surface area contributed by atoms with Gasteiger partial charge in [-0.05, 0) is 48.9 Å². The van der Waals surface area contributed by atoms with Crippen molar-refractivity contribution in [3.05, 3.63) is 41.2 Å². The molecule has 1 fully saturated rings. The van der Waals surface area contributed by atoms with E-state index in [4.69, 9.17) is 0 Å². The Morgan fingerprint density at radius 3 is 2.61 bits per heavy atom. The minimum atomic E-state index is -4.41. The fourth-order valence-corrected chi connectivity index (χ4v) is 3.80. The number of carbonyl (C=O) groups is 1. The maximum atomic E-state index is 12.4. The van der Waals surface area contributed by atoms with E-state index in [0.29, 0.717) is 16.4 Å². The number of aromatic nitrogens is 3. The van der Waals surface area contributed by atoms with Gasteiger partial charge in [0.2, 0.25) is 0 Å². The summed E-state index contributed by atoms with van der Waals surface area (Å²) in [6, 6.07) is 6.52. The molecule has 1 aliphatic heterocycles. The van der Waals surface area contributed by atoms with Crippen molar-refractivity contribution < 1.29 is 18.0 Å². The third-order valence-electron chi connectivity index (χ3n) is 5.50. The lowest BCUT2D eigenvalue weighted by molar-refractivity contribution is -0.142. The summed E-state index contributed by atoms with van der Waals surface area (Å²) in [5.74, 6) is -0.571. The molecule has 9 heteroatoms. The van der Waals surface area contributed by atoms with Gasteiger partial charge in [0.25, 0.3) is 5.91 Å². The number of alkyl halides is 3. The Bertz CT molecular complexity index is 859. The van der Waals surface area contributed by atoms with Crippen molar-refractivity contribution in [1.29, 1.82) is 0 Å². The van der Waals surface area contributed by atoms with Gasteiger partial charge in [-0.3, -0.25) is 9.69 Å². The molecule has 0 unspecified atom stereocenters. The number of halogens is 3. The van der Waals surface area contributed by atoms with Crippen molar-refractivity contribution in [2.75, 3.05) is 18.4 Å². The SMILES string of the molecule is O=C(Nc1ccc2c(c1)CCN(C1CCC1)CC2)c1cn(CC(F)(F)F)nn1. The van der Waals surface area contributed by atoms with E-state index in [2.05, 4.69) is 20.5 Å². The second-order valence-electron chi connectivity index (χ2n) is 7.47. The van der Waals surface area contributed by atoms with E-state index in [-0.39, 0.29) is 5.69 Å². The quantitative estimate of drug-likeness (QED) is 0.867. The number of benzene rings is 1. The minimum absolute atomic E-state index is 0.143. The molecule has 150 valence electrons.